The number of amides is 3. The number of nitrogens with one attached hydrogen (secondary N) is 1. The maximum Gasteiger partial charge on any atom is 0.317 e. The summed E-state index contributed by atoms with van der Waals surface area (Å²) in [5.74, 6) is 2.12. The summed E-state index contributed by atoms with van der Waals surface area (Å²) in [6.45, 7) is 11.3. The summed E-state index contributed by atoms with van der Waals surface area (Å²) in [7, 11) is 0. The molecule has 1 aromatic carbocycles. The van der Waals surface area contributed by atoms with Gasteiger partial charge in [0.05, 0.1) is 5.25 Å². The van der Waals surface area contributed by atoms with Crippen LogP contribution in [0.3, 0.4) is 0 Å². The van der Waals surface area contributed by atoms with Crippen LogP contribution in [0.4, 0.5) is 4.79 Å². The molecule has 8 heteroatoms. The van der Waals surface area contributed by atoms with E-state index in [0.29, 0.717) is 19.1 Å². The molecule has 7 nitrogen and oxygen atoms in total. The molecule has 3 heterocycles. The highest BCUT2D eigenvalue weighted by atomic mass is 32.2. The molecule has 3 amide bonds. The van der Waals surface area contributed by atoms with Crippen molar-refractivity contribution in [3.63, 3.8) is 0 Å². The van der Waals surface area contributed by atoms with Crippen molar-refractivity contribution in [2.45, 2.75) is 56.7 Å². The van der Waals surface area contributed by atoms with Crippen LogP contribution in [0.25, 0.3) is 0 Å². The fourth-order valence-corrected chi connectivity index (χ4v) is 5.61. The lowest BCUT2D eigenvalue weighted by molar-refractivity contribution is -0.130. The number of hydrogen-bond donors (Lipinski definition) is 1. The van der Waals surface area contributed by atoms with Crippen LogP contribution in [0.1, 0.15) is 51.5 Å². The summed E-state index contributed by atoms with van der Waals surface area (Å²) in [6, 6.07) is 6.01. The van der Waals surface area contributed by atoms with Crippen molar-refractivity contribution in [2.24, 2.45) is 5.92 Å². The van der Waals surface area contributed by atoms with Gasteiger partial charge in [-0.1, -0.05) is 6.07 Å². The molecule has 2 unspecified atom stereocenters. The lowest BCUT2D eigenvalue weighted by Crippen LogP contribution is -2.51. The van der Waals surface area contributed by atoms with Crippen molar-refractivity contribution < 1.29 is 19.1 Å². The number of carbonyl (C=O) groups excluding carboxylic acids is 2. The standard InChI is InChI=1S/C23H33N3O4S/c1-15-20(27)26(14-16-7-9-25(10-8-16)22(28)24-23(2,3)4)21(31-15)17-5-6-18-19(13-17)30-12-11-29-18/h5-6,13,15-16,21H,7-12,14H2,1-4H3,(H,24,28). The van der Waals surface area contributed by atoms with Crippen LogP contribution in [0.15, 0.2) is 18.2 Å². The molecule has 2 saturated heterocycles. The number of hydrogen-bond acceptors (Lipinski definition) is 5. The maximum absolute atomic E-state index is 13.0. The first kappa shape index (κ1) is 22.1. The number of piperidine rings is 1. The Morgan fingerprint density at radius 2 is 1.84 bits per heavy atom. The van der Waals surface area contributed by atoms with Gasteiger partial charge < -0.3 is 24.6 Å². The van der Waals surface area contributed by atoms with Gasteiger partial charge in [0.15, 0.2) is 11.5 Å². The maximum atomic E-state index is 13.0. The molecule has 0 radical (unpaired) electrons. The Hall–Kier alpha value is -2.09. The van der Waals surface area contributed by atoms with E-state index in [1.807, 2.05) is 55.7 Å². The lowest BCUT2D eigenvalue weighted by Gasteiger charge is -2.36. The third-order valence-corrected chi connectivity index (χ3v) is 7.33. The Kier molecular flexibility index (Phi) is 6.28. The van der Waals surface area contributed by atoms with E-state index in [9.17, 15) is 9.59 Å². The molecule has 4 rings (SSSR count). The van der Waals surface area contributed by atoms with Crippen LogP contribution in [0, 0.1) is 5.92 Å². The number of ether oxygens (including phenoxy) is 2. The van der Waals surface area contributed by atoms with E-state index >= 15 is 0 Å². The van der Waals surface area contributed by atoms with Gasteiger partial charge >= 0.3 is 6.03 Å². The van der Waals surface area contributed by atoms with Gasteiger partial charge in [-0.25, -0.2) is 4.79 Å². The van der Waals surface area contributed by atoms with E-state index in [4.69, 9.17) is 9.47 Å². The Morgan fingerprint density at radius 1 is 1.16 bits per heavy atom. The minimum Gasteiger partial charge on any atom is -0.486 e. The Balaban J connectivity index is 1.40. The molecule has 0 spiro atoms. The molecule has 0 saturated carbocycles. The van der Waals surface area contributed by atoms with E-state index in [-0.39, 0.29) is 28.1 Å². The molecule has 2 atom stereocenters. The van der Waals surface area contributed by atoms with Crippen molar-refractivity contribution in [1.82, 2.24) is 15.1 Å². The minimum atomic E-state index is -0.236. The highest BCUT2D eigenvalue weighted by Crippen LogP contribution is 2.46. The van der Waals surface area contributed by atoms with Crippen molar-refractivity contribution >= 4 is 23.7 Å². The Bertz CT molecular complexity index is 833. The van der Waals surface area contributed by atoms with Gasteiger partial charge in [0.25, 0.3) is 0 Å². The zero-order valence-electron chi connectivity index (χ0n) is 18.8. The molecular formula is C23H33N3O4S. The normalized spacial score (nSPS) is 24.5. The van der Waals surface area contributed by atoms with E-state index in [1.54, 1.807) is 11.8 Å². The molecule has 3 aliphatic heterocycles. The highest BCUT2D eigenvalue weighted by Gasteiger charge is 2.40. The van der Waals surface area contributed by atoms with Crippen molar-refractivity contribution in [1.29, 1.82) is 0 Å². The third kappa shape index (κ3) is 5.05. The summed E-state index contributed by atoms with van der Waals surface area (Å²) in [4.78, 5) is 29.3. The van der Waals surface area contributed by atoms with E-state index < -0.39 is 0 Å². The third-order valence-electron chi connectivity index (χ3n) is 5.94. The van der Waals surface area contributed by atoms with Crippen molar-refractivity contribution in [3.8, 4) is 11.5 Å². The predicted octanol–water partition coefficient (Wildman–Crippen LogP) is 3.64. The van der Waals surface area contributed by atoms with Gasteiger partial charge in [0, 0.05) is 25.2 Å². The first-order valence-corrected chi connectivity index (χ1v) is 12.1. The number of benzene rings is 1. The quantitative estimate of drug-likeness (QED) is 0.766. The number of urea groups is 1. The molecule has 0 aliphatic carbocycles. The van der Waals surface area contributed by atoms with Crippen molar-refractivity contribution in [3.05, 3.63) is 23.8 Å². The molecular weight excluding hydrogens is 414 g/mol. The minimum absolute atomic E-state index is 0.00142. The first-order chi connectivity index (χ1) is 14.7. The number of nitrogens with zero attached hydrogens (tertiary/aromatic N) is 2. The molecule has 1 N–H and O–H groups in total. The Labute approximate surface area is 188 Å². The van der Waals surface area contributed by atoms with Crippen LogP contribution in [-0.2, 0) is 4.79 Å². The molecule has 31 heavy (non-hydrogen) atoms. The average molecular weight is 448 g/mol. The van der Waals surface area contributed by atoms with Crippen LogP contribution in [0.5, 0.6) is 11.5 Å². The van der Waals surface area contributed by atoms with Gasteiger partial charge in [-0.2, -0.15) is 0 Å². The second-order valence-electron chi connectivity index (χ2n) is 9.63. The van der Waals surface area contributed by atoms with Gasteiger partial charge in [-0.15, -0.1) is 11.8 Å². The number of fused-ring (bicyclic) bond motifs is 1. The summed E-state index contributed by atoms with van der Waals surface area (Å²) in [5, 5.41) is 2.97. The smallest absolute Gasteiger partial charge is 0.317 e. The predicted molar refractivity (Wildman–Crippen MR) is 122 cm³/mol. The Morgan fingerprint density at radius 3 is 2.52 bits per heavy atom. The van der Waals surface area contributed by atoms with Gasteiger partial charge in [-0.3, -0.25) is 4.79 Å². The van der Waals surface area contributed by atoms with Crippen LogP contribution >= 0.6 is 11.8 Å². The molecule has 2 fully saturated rings. The van der Waals surface area contributed by atoms with Crippen LogP contribution in [0.2, 0.25) is 0 Å². The zero-order chi connectivity index (χ0) is 22.2. The molecule has 170 valence electrons. The van der Waals surface area contributed by atoms with Crippen LogP contribution in [-0.4, -0.2) is 65.4 Å². The molecule has 0 aromatic heterocycles. The van der Waals surface area contributed by atoms with Gasteiger partial charge in [0.1, 0.15) is 18.6 Å². The topological polar surface area (TPSA) is 71.1 Å². The summed E-state index contributed by atoms with van der Waals surface area (Å²) in [6.07, 6.45) is 1.82. The van der Waals surface area contributed by atoms with E-state index in [2.05, 4.69) is 5.32 Å². The van der Waals surface area contributed by atoms with Crippen molar-refractivity contribution in [2.75, 3.05) is 32.8 Å². The summed E-state index contributed by atoms with van der Waals surface area (Å²) >= 11 is 1.69. The average Bonchev–Trinajstić information content (AvgIpc) is 3.01. The number of thioether (sulfide) groups is 1. The largest absolute Gasteiger partial charge is 0.486 e. The first-order valence-electron chi connectivity index (χ1n) is 11.1. The molecule has 0 bridgehead atoms. The number of rotatable bonds is 3. The van der Waals surface area contributed by atoms with Gasteiger partial charge in [-0.05, 0) is 64.2 Å². The second kappa shape index (κ2) is 8.81. The number of carbonyl (C=O) groups is 2. The lowest BCUT2D eigenvalue weighted by atomic mass is 9.95. The summed E-state index contributed by atoms with van der Waals surface area (Å²) in [5.41, 5.74) is 0.842. The molecule has 3 aliphatic rings. The summed E-state index contributed by atoms with van der Waals surface area (Å²) < 4.78 is 11.4. The monoisotopic (exact) mass is 447 g/mol. The van der Waals surface area contributed by atoms with E-state index in [1.165, 1.54) is 0 Å². The molecule has 1 aromatic rings. The highest BCUT2D eigenvalue weighted by molar-refractivity contribution is 8.01. The second-order valence-corrected chi connectivity index (χ2v) is 11.1. The van der Waals surface area contributed by atoms with Crippen LogP contribution < -0.4 is 14.8 Å². The zero-order valence-corrected chi connectivity index (χ0v) is 19.7. The van der Waals surface area contributed by atoms with E-state index in [0.717, 1.165) is 49.5 Å². The number of likely N-dealkylation sites (tertiary alicyclic amines) is 1. The fourth-order valence-electron chi connectivity index (χ4n) is 4.33. The SMILES string of the molecule is CC1SC(c2ccc3c(c2)OCCO3)N(CC2CCN(C(=O)NC(C)(C)C)CC2)C1=O. The van der Waals surface area contributed by atoms with Gasteiger partial charge in [0.2, 0.25) is 5.91 Å². The fraction of sp³-hybridized carbons (Fsp3) is 0.652.